The average molecular weight is 533 g/mol. The highest BCUT2D eigenvalue weighted by atomic mass is 32.1. The van der Waals surface area contributed by atoms with Crippen molar-refractivity contribution in [3.05, 3.63) is 77.1 Å². The van der Waals surface area contributed by atoms with Crippen LogP contribution < -0.4 is 20.6 Å². The molecule has 0 bridgehead atoms. The number of carbonyl (C=O) groups excluding carboxylic acids is 1. The fourth-order valence-corrected chi connectivity index (χ4v) is 3.59. The molecule has 0 fully saturated rings. The molecule has 0 aliphatic rings. The summed E-state index contributed by atoms with van der Waals surface area (Å²) in [5.74, 6) is -0.159. The summed E-state index contributed by atoms with van der Waals surface area (Å²) in [5, 5.41) is 12.5. The molecule has 3 rings (SSSR count). The van der Waals surface area contributed by atoms with Gasteiger partial charge < -0.3 is 25.3 Å². The number of hydrogen-bond donors (Lipinski definition) is 3. The van der Waals surface area contributed by atoms with Crippen molar-refractivity contribution in [2.24, 2.45) is 0 Å². The standard InChI is InChI=1S/C24H27BF3N5O3S/c1-15(31-25-36-3)23(37)30-13-16-7-6-9-18(11-16)33-19(12-21(32-33)24(26,27)28)22(34)29-14-17-8-4-5-10-20(17)35-2/h4-12,15,25,31H,13-14H2,1-3H3,(H,29,34)(H,30,37). The van der Waals surface area contributed by atoms with Crippen molar-refractivity contribution in [1.82, 2.24) is 25.6 Å². The SMILES string of the molecule is COBNC(C)C(=S)NCc1cccc(-n2nc(C(F)(F)F)cc2C(=O)NCc2ccccc2OC)c1. The van der Waals surface area contributed by atoms with Crippen LogP contribution in [0.4, 0.5) is 13.2 Å². The number of methoxy groups -OCH3 is 1. The largest absolute Gasteiger partial charge is 0.496 e. The number of benzene rings is 2. The first-order chi connectivity index (χ1) is 17.6. The molecule has 37 heavy (non-hydrogen) atoms. The Labute approximate surface area is 218 Å². The maximum Gasteiger partial charge on any atom is 0.435 e. The molecule has 1 aromatic heterocycles. The summed E-state index contributed by atoms with van der Waals surface area (Å²) >= 11 is 5.37. The first kappa shape index (κ1) is 28.2. The quantitative estimate of drug-likeness (QED) is 0.258. The number of thiocarbonyl (C=S) groups is 1. The highest BCUT2D eigenvalue weighted by Crippen LogP contribution is 2.30. The second kappa shape index (κ2) is 12.7. The summed E-state index contributed by atoms with van der Waals surface area (Å²) in [5.41, 5.74) is 0.300. The van der Waals surface area contributed by atoms with Crippen LogP contribution >= 0.6 is 12.2 Å². The van der Waals surface area contributed by atoms with Crippen molar-refractivity contribution in [3.63, 3.8) is 0 Å². The van der Waals surface area contributed by atoms with Gasteiger partial charge in [-0.05, 0) is 30.7 Å². The number of amides is 1. The summed E-state index contributed by atoms with van der Waals surface area (Å²) in [6, 6.07) is 14.3. The number of para-hydroxylation sites is 1. The van der Waals surface area contributed by atoms with E-state index in [4.69, 9.17) is 21.6 Å². The fraction of sp³-hybridized carbons (Fsp3) is 0.292. The van der Waals surface area contributed by atoms with E-state index in [1.54, 1.807) is 55.6 Å². The maximum atomic E-state index is 13.5. The third kappa shape index (κ3) is 7.54. The zero-order valence-electron chi connectivity index (χ0n) is 20.6. The van der Waals surface area contributed by atoms with Gasteiger partial charge in [0.15, 0.2) is 5.69 Å². The number of aromatic nitrogens is 2. The monoisotopic (exact) mass is 533 g/mol. The molecular weight excluding hydrogens is 506 g/mol. The second-order valence-corrected chi connectivity index (χ2v) is 8.51. The highest BCUT2D eigenvalue weighted by Gasteiger charge is 2.36. The summed E-state index contributed by atoms with van der Waals surface area (Å²) < 4.78 is 51.7. The molecule has 2 aromatic carbocycles. The smallest absolute Gasteiger partial charge is 0.435 e. The lowest BCUT2D eigenvalue weighted by molar-refractivity contribution is -0.141. The van der Waals surface area contributed by atoms with Crippen LogP contribution in [-0.2, 0) is 23.9 Å². The van der Waals surface area contributed by atoms with Crippen LogP contribution in [0.15, 0.2) is 54.6 Å². The predicted molar refractivity (Wildman–Crippen MR) is 139 cm³/mol. The van der Waals surface area contributed by atoms with Gasteiger partial charge in [-0.2, -0.15) is 18.3 Å². The van der Waals surface area contributed by atoms with Gasteiger partial charge in [0.2, 0.25) is 0 Å². The van der Waals surface area contributed by atoms with Crippen molar-refractivity contribution >= 4 is 30.7 Å². The van der Waals surface area contributed by atoms with E-state index in [0.717, 1.165) is 16.3 Å². The van der Waals surface area contributed by atoms with Crippen molar-refractivity contribution in [1.29, 1.82) is 0 Å². The van der Waals surface area contributed by atoms with Crippen LogP contribution in [0.1, 0.15) is 34.2 Å². The molecule has 0 saturated carbocycles. The fourth-order valence-electron chi connectivity index (χ4n) is 3.43. The second-order valence-electron chi connectivity index (χ2n) is 8.07. The van der Waals surface area contributed by atoms with Gasteiger partial charge in [0.25, 0.3) is 5.91 Å². The van der Waals surface area contributed by atoms with Gasteiger partial charge in [-0.3, -0.25) is 4.79 Å². The Morgan fingerprint density at radius 2 is 1.86 bits per heavy atom. The summed E-state index contributed by atoms with van der Waals surface area (Å²) in [7, 11) is 3.39. The lowest BCUT2D eigenvalue weighted by Gasteiger charge is -2.16. The number of alkyl halides is 3. The molecule has 0 saturated heterocycles. The van der Waals surface area contributed by atoms with E-state index < -0.39 is 17.8 Å². The number of rotatable bonds is 11. The minimum absolute atomic E-state index is 0.0616. The van der Waals surface area contributed by atoms with Crippen LogP contribution in [0.3, 0.4) is 0 Å². The molecule has 13 heteroatoms. The number of halogens is 3. The topological polar surface area (TPSA) is 89.4 Å². The van der Waals surface area contributed by atoms with Crippen LogP contribution in [0, 0.1) is 0 Å². The van der Waals surface area contributed by atoms with Crippen LogP contribution in [0.25, 0.3) is 5.69 Å². The molecule has 8 nitrogen and oxygen atoms in total. The van der Waals surface area contributed by atoms with E-state index >= 15 is 0 Å². The van der Waals surface area contributed by atoms with Crippen molar-refractivity contribution in [2.75, 3.05) is 14.2 Å². The molecular formula is C24H27BF3N5O3S. The zero-order chi connectivity index (χ0) is 27.0. The molecule has 3 N–H and O–H groups in total. The van der Waals surface area contributed by atoms with Crippen molar-refractivity contribution in [2.45, 2.75) is 32.2 Å². The van der Waals surface area contributed by atoms with Gasteiger partial charge >= 0.3 is 13.8 Å². The van der Waals surface area contributed by atoms with E-state index in [1.165, 1.54) is 7.11 Å². The minimum atomic E-state index is -4.72. The summed E-state index contributed by atoms with van der Waals surface area (Å²) in [6.45, 7) is 2.27. The minimum Gasteiger partial charge on any atom is -0.496 e. The average Bonchev–Trinajstić information content (AvgIpc) is 3.36. The lowest BCUT2D eigenvalue weighted by Crippen LogP contribution is -2.42. The highest BCUT2D eigenvalue weighted by molar-refractivity contribution is 7.80. The normalized spacial score (nSPS) is 12.1. The Kier molecular flexibility index (Phi) is 9.67. The zero-order valence-corrected chi connectivity index (χ0v) is 21.4. The van der Waals surface area contributed by atoms with E-state index in [-0.39, 0.29) is 18.3 Å². The summed E-state index contributed by atoms with van der Waals surface area (Å²) in [4.78, 5) is 13.5. The maximum absolute atomic E-state index is 13.5. The molecule has 1 amide bonds. The van der Waals surface area contributed by atoms with Gasteiger partial charge in [-0.15, -0.1) is 0 Å². The van der Waals surface area contributed by atoms with Gasteiger partial charge in [-0.25, -0.2) is 4.68 Å². The number of ether oxygens (including phenoxy) is 1. The third-order valence-electron chi connectivity index (χ3n) is 5.41. The Morgan fingerprint density at radius 3 is 2.57 bits per heavy atom. The summed E-state index contributed by atoms with van der Waals surface area (Å²) in [6.07, 6.45) is -4.72. The van der Waals surface area contributed by atoms with Crippen LogP contribution in [0.2, 0.25) is 0 Å². The van der Waals surface area contributed by atoms with Crippen molar-refractivity contribution < 1.29 is 27.4 Å². The molecule has 0 aliphatic carbocycles. The van der Waals surface area contributed by atoms with Gasteiger partial charge in [0.05, 0.1) is 17.8 Å². The molecule has 1 unspecified atom stereocenters. The lowest BCUT2D eigenvalue weighted by atomic mass is 10.1. The number of nitrogens with zero attached hydrogens (tertiary/aromatic N) is 2. The molecule has 1 atom stereocenters. The molecule has 0 aliphatic heterocycles. The third-order valence-corrected chi connectivity index (χ3v) is 5.91. The van der Waals surface area contributed by atoms with E-state index in [0.29, 0.717) is 36.2 Å². The Morgan fingerprint density at radius 1 is 1.11 bits per heavy atom. The Bertz CT molecular complexity index is 1240. The molecule has 1 heterocycles. The number of carbonyl (C=O) groups is 1. The van der Waals surface area contributed by atoms with Crippen LogP contribution in [-0.4, -0.2) is 48.6 Å². The molecule has 3 aromatic rings. The number of nitrogens with one attached hydrogen (secondary N) is 3. The first-order valence-corrected chi connectivity index (χ1v) is 11.7. The van der Waals surface area contributed by atoms with Gasteiger partial charge in [0.1, 0.15) is 11.4 Å². The number of hydrogen-bond acceptors (Lipinski definition) is 6. The van der Waals surface area contributed by atoms with Crippen molar-refractivity contribution in [3.8, 4) is 11.4 Å². The van der Waals surface area contributed by atoms with E-state index in [2.05, 4.69) is 21.0 Å². The van der Waals surface area contributed by atoms with E-state index in [1.807, 2.05) is 6.92 Å². The van der Waals surface area contributed by atoms with Gasteiger partial charge in [0, 0.05) is 37.9 Å². The molecule has 0 radical (unpaired) electrons. The predicted octanol–water partition coefficient (Wildman–Crippen LogP) is 3.14. The van der Waals surface area contributed by atoms with Crippen LogP contribution in [0.5, 0.6) is 5.75 Å². The molecule has 0 spiro atoms. The van der Waals surface area contributed by atoms with E-state index in [9.17, 15) is 18.0 Å². The molecule has 196 valence electrons. The first-order valence-electron chi connectivity index (χ1n) is 11.3. The van der Waals surface area contributed by atoms with Gasteiger partial charge in [-0.1, -0.05) is 42.5 Å². The Hall–Kier alpha value is -3.42. The Balaban J connectivity index is 1.82.